The number of nitro groups is 1. The Labute approximate surface area is 141 Å². The summed E-state index contributed by atoms with van der Waals surface area (Å²) in [7, 11) is 1.67. The molecule has 1 aromatic rings. The Kier molecular flexibility index (Phi) is 6.42. The van der Waals surface area contributed by atoms with E-state index in [0.29, 0.717) is 11.3 Å². The van der Waals surface area contributed by atoms with E-state index in [1.807, 2.05) is 20.8 Å². The third kappa shape index (κ3) is 6.74. The van der Waals surface area contributed by atoms with E-state index in [4.69, 9.17) is 0 Å². The average molecular weight is 336 g/mol. The zero-order valence-electron chi connectivity index (χ0n) is 14.7. The summed E-state index contributed by atoms with van der Waals surface area (Å²) >= 11 is 0. The molecule has 2 amide bonds. The van der Waals surface area contributed by atoms with Crippen LogP contribution in [-0.2, 0) is 9.59 Å². The van der Waals surface area contributed by atoms with Crippen molar-refractivity contribution < 1.29 is 14.5 Å². The van der Waals surface area contributed by atoms with Crippen molar-refractivity contribution in [3.8, 4) is 0 Å². The van der Waals surface area contributed by atoms with Gasteiger partial charge in [-0.15, -0.1) is 0 Å². The Morgan fingerprint density at radius 3 is 2.29 bits per heavy atom. The number of anilines is 1. The molecule has 24 heavy (non-hydrogen) atoms. The van der Waals surface area contributed by atoms with Crippen molar-refractivity contribution in [2.24, 2.45) is 0 Å². The van der Waals surface area contributed by atoms with Crippen LogP contribution in [0.2, 0.25) is 0 Å². The molecule has 1 rings (SSSR count). The molecule has 0 atom stereocenters. The summed E-state index contributed by atoms with van der Waals surface area (Å²) in [4.78, 5) is 35.7. The highest BCUT2D eigenvalue weighted by atomic mass is 16.6. The highest BCUT2D eigenvalue weighted by Gasteiger charge is 2.17. The van der Waals surface area contributed by atoms with Crippen molar-refractivity contribution in [1.29, 1.82) is 0 Å². The van der Waals surface area contributed by atoms with E-state index >= 15 is 0 Å². The number of aryl methyl sites for hydroxylation is 1. The van der Waals surface area contributed by atoms with Crippen LogP contribution in [0.3, 0.4) is 0 Å². The minimum Gasteiger partial charge on any atom is -0.350 e. The topological polar surface area (TPSA) is 105 Å². The van der Waals surface area contributed by atoms with Crippen LogP contribution in [0.5, 0.6) is 0 Å². The lowest BCUT2D eigenvalue weighted by atomic mass is 10.1. The number of amides is 2. The molecule has 0 unspecified atom stereocenters. The van der Waals surface area contributed by atoms with E-state index in [0.717, 1.165) is 0 Å². The van der Waals surface area contributed by atoms with Crippen molar-refractivity contribution >= 4 is 23.2 Å². The third-order valence-corrected chi connectivity index (χ3v) is 3.04. The molecule has 0 saturated carbocycles. The first-order chi connectivity index (χ1) is 11.0. The number of nitro benzene ring substituents is 1. The number of non-ortho nitro benzene ring substituents is 1. The number of hydrogen-bond acceptors (Lipinski definition) is 5. The summed E-state index contributed by atoms with van der Waals surface area (Å²) in [5, 5.41) is 16.2. The molecule has 0 fully saturated rings. The molecule has 1 aromatic carbocycles. The Balaban J connectivity index is 2.57. The van der Waals surface area contributed by atoms with Gasteiger partial charge in [0, 0.05) is 23.4 Å². The maximum atomic E-state index is 12.0. The van der Waals surface area contributed by atoms with E-state index in [2.05, 4.69) is 10.6 Å². The fourth-order valence-electron chi connectivity index (χ4n) is 2.10. The highest BCUT2D eigenvalue weighted by Crippen LogP contribution is 2.21. The standard InChI is InChI=1S/C16H24N4O4/c1-11-8-12(20(23)24)6-7-13(11)17-14(21)9-19(5)10-15(22)18-16(2,3)4/h6-8H,9-10H2,1-5H3,(H,17,21)(H,18,22). The zero-order chi connectivity index (χ0) is 18.5. The Bertz CT molecular complexity index is 637. The van der Waals surface area contributed by atoms with Crippen LogP contribution in [-0.4, -0.2) is 47.3 Å². The lowest BCUT2D eigenvalue weighted by molar-refractivity contribution is -0.384. The molecule has 0 aliphatic rings. The predicted octanol–water partition coefficient (Wildman–Crippen LogP) is 1.69. The normalized spacial score (nSPS) is 11.2. The van der Waals surface area contributed by atoms with E-state index in [9.17, 15) is 19.7 Å². The van der Waals surface area contributed by atoms with Crippen LogP contribution in [0.4, 0.5) is 11.4 Å². The molecule has 0 saturated heterocycles. The first kappa shape index (κ1) is 19.6. The quantitative estimate of drug-likeness (QED) is 0.607. The molecule has 0 heterocycles. The van der Waals surface area contributed by atoms with Crippen LogP contribution in [0.15, 0.2) is 18.2 Å². The molecule has 0 spiro atoms. The van der Waals surface area contributed by atoms with Crippen LogP contribution >= 0.6 is 0 Å². The summed E-state index contributed by atoms with van der Waals surface area (Å²) in [6.07, 6.45) is 0. The van der Waals surface area contributed by atoms with Crippen LogP contribution in [0.25, 0.3) is 0 Å². The second-order valence-electron chi connectivity index (χ2n) is 6.77. The lowest BCUT2D eigenvalue weighted by Crippen LogP contribution is -2.46. The van der Waals surface area contributed by atoms with E-state index in [1.54, 1.807) is 18.9 Å². The maximum absolute atomic E-state index is 12.0. The van der Waals surface area contributed by atoms with Crippen LogP contribution in [0, 0.1) is 17.0 Å². The molecule has 0 aliphatic heterocycles. The number of nitrogens with one attached hydrogen (secondary N) is 2. The maximum Gasteiger partial charge on any atom is 0.269 e. The number of carbonyl (C=O) groups is 2. The van der Waals surface area contributed by atoms with Gasteiger partial charge in [-0.2, -0.15) is 0 Å². The van der Waals surface area contributed by atoms with E-state index < -0.39 is 4.92 Å². The second kappa shape index (κ2) is 7.87. The molecule has 0 radical (unpaired) electrons. The van der Waals surface area contributed by atoms with Gasteiger partial charge in [0.2, 0.25) is 11.8 Å². The number of benzene rings is 1. The molecular weight excluding hydrogens is 312 g/mol. The molecule has 2 N–H and O–H groups in total. The molecule has 132 valence electrons. The molecule has 8 nitrogen and oxygen atoms in total. The largest absolute Gasteiger partial charge is 0.350 e. The van der Waals surface area contributed by atoms with Crippen molar-refractivity contribution in [2.75, 3.05) is 25.5 Å². The Hall–Kier alpha value is -2.48. The second-order valence-corrected chi connectivity index (χ2v) is 6.77. The molecule has 8 heteroatoms. The SMILES string of the molecule is Cc1cc([N+](=O)[O-])ccc1NC(=O)CN(C)CC(=O)NC(C)(C)C. The van der Waals surface area contributed by atoms with Gasteiger partial charge in [0.05, 0.1) is 18.0 Å². The van der Waals surface area contributed by atoms with Gasteiger partial charge in [0.1, 0.15) is 0 Å². The summed E-state index contributed by atoms with van der Waals surface area (Å²) in [5.41, 5.74) is 0.765. The molecule has 0 bridgehead atoms. The van der Waals surface area contributed by atoms with Gasteiger partial charge >= 0.3 is 0 Å². The summed E-state index contributed by atoms with van der Waals surface area (Å²) in [6, 6.07) is 4.23. The number of rotatable bonds is 6. The van der Waals surface area contributed by atoms with Crippen molar-refractivity contribution in [1.82, 2.24) is 10.2 Å². The van der Waals surface area contributed by atoms with Gasteiger partial charge in [0.25, 0.3) is 5.69 Å². The number of nitrogens with zero attached hydrogens (tertiary/aromatic N) is 2. The van der Waals surface area contributed by atoms with Gasteiger partial charge in [-0.25, -0.2) is 0 Å². The Morgan fingerprint density at radius 2 is 1.79 bits per heavy atom. The highest BCUT2D eigenvalue weighted by molar-refractivity contribution is 5.93. The third-order valence-electron chi connectivity index (χ3n) is 3.04. The van der Waals surface area contributed by atoms with E-state index in [1.165, 1.54) is 18.2 Å². The number of carbonyl (C=O) groups excluding carboxylic acids is 2. The fraction of sp³-hybridized carbons (Fsp3) is 0.500. The van der Waals surface area contributed by atoms with Crippen molar-refractivity contribution in [3.63, 3.8) is 0 Å². The predicted molar refractivity (Wildman–Crippen MR) is 91.9 cm³/mol. The van der Waals surface area contributed by atoms with Crippen LogP contribution in [0.1, 0.15) is 26.3 Å². The molecular formula is C16H24N4O4. The average Bonchev–Trinajstić information content (AvgIpc) is 2.37. The van der Waals surface area contributed by atoms with Gasteiger partial charge in [-0.05, 0) is 46.4 Å². The zero-order valence-corrected chi connectivity index (χ0v) is 14.7. The first-order valence-corrected chi connectivity index (χ1v) is 7.52. The minimum absolute atomic E-state index is 0.0264. The first-order valence-electron chi connectivity index (χ1n) is 7.52. The van der Waals surface area contributed by atoms with Crippen molar-refractivity contribution in [3.05, 3.63) is 33.9 Å². The summed E-state index contributed by atoms with van der Waals surface area (Å²) in [6.45, 7) is 7.47. The van der Waals surface area contributed by atoms with Gasteiger partial charge in [0.15, 0.2) is 0 Å². The lowest BCUT2D eigenvalue weighted by Gasteiger charge is -2.23. The monoisotopic (exact) mass is 336 g/mol. The summed E-state index contributed by atoms with van der Waals surface area (Å²) < 4.78 is 0. The van der Waals surface area contributed by atoms with Gasteiger partial charge in [-0.1, -0.05) is 0 Å². The van der Waals surface area contributed by atoms with Crippen LogP contribution < -0.4 is 10.6 Å². The molecule has 0 aromatic heterocycles. The fourth-order valence-corrected chi connectivity index (χ4v) is 2.10. The van der Waals surface area contributed by atoms with Gasteiger partial charge in [-0.3, -0.25) is 24.6 Å². The van der Waals surface area contributed by atoms with E-state index in [-0.39, 0.29) is 36.1 Å². The number of hydrogen-bond donors (Lipinski definition) is 2. The smallest absolute Gasteiger partial charge is 0.269 e. The van der Waals surface area contributed by atoms with Crippen molar-refractivity contribution in [2.45, 2.75) is 33.2 Å². The molecule has 0 aliphatic carbocycles. The Morgan fingerprint density at radius 1 is 1.21 bits per heavy atom. The number of likely N-dealkylation sites (N-methyl/N-ethyl adjacent to an activating group) is 1. The minimum atomic E-state index is -0.486. The summed E-state index contributed by atoms with van der Waals surface area (Å²) in [5.74, 6) is -0.456. The van der Waals surface area contributed by atoms with Gasteiger partial charge < -0.3 is 10.6 Å².